The van der Waals surface area contributed by atoms with Gasteiger partial charge >= 0.3 is 12.8 Å². The highest BCUT2D eigenvalue weighted by Gasteiger charge is 2.33. The molecule has 0 radical (unpaired) electrons. The molecule has 130 valence electrons. The molecule has 0 aliphatic rings. The van der Waals surface area contributed by atoms with E-state index in [1.807, 2.05) is 0 Å². The SMILES string of the molecule is CP(=NP(=O)(Cl)c1ccccc1)(OCC(F)(F)F)c1ccccc1. The lowest BCUT2D eigenvalue weighted by Gasteiger charge is -2.23. The zero-order chi connectivity index (χ0) is 17.8. The molecule has 2 rings (SSSR count). The van der Waals surface area contributed by atoms with Gasteiger partial charge in [-0.25, -0.2) is 0 Å². The molecular formula is C15H15ClF3NO2P2. The molecule has 0 amide bonds. The average Bonchev–Trinajstić information content (AvgIpc) is 2.54. The average molecular weight is 396 g/mol. The highest BCUT2D eigenvalue weighted by Crippen LogP contribution is 2.62. The maximum absolute atomic E-state index is 12.8. The quantitative estimate of drug-likeness (QED) is 0.636. The van der Waals surface area contributed by atoms with Gasteiger partial charge in [0.15, 0.2) is 0 Å². The van der Waals surface area contributed by atoms with E-state index in [4.69, 9.17) is 15.8 Å². The molecule has 0 saturated carbocycles. The predicted octanol–water partition coefficient (Wildman–Crippen LogP) is 5.39. The Bertz CT molecular complexity index is 782. The van der Waals surface area contributed by atoms with E-state index in [0.29, 0.717) is 5.30 Å². The van der Waals surface area contributed by atoms with E-state index in [2.05, 4.69) is 4.52 Å². The molecule has 0 heterocycles. The number of hydrogen-bond acceptors (Lipinski definition) is 2. The van der Waals surface area contributed by atoms with E-state index in [0.717, 1.165) is 0 Å². The molecule has 2 unspecified atom stereocenters. The van der Waals surface area contributed by atoms with Gasteiger partial charge in [-0.1, -0.05) is 48.5 Å². The molecule has 9 heteroatoms. The highest BCUT2D eigenvalue weighted by molar-refractivity contribution is 7.97. The number of rotatable bonds is 5. The number of nitrogens with zero attached hydrogens (tertiary/aromatic N) is 1. The van der Waals surface area contributed by atoms with Crippen LogP contribution in [0.1, 0.15) is 0 Å². The predicted molar refractivity (Wildman–Crippen MR) is 92.9 cm³/mol. The van der Waals surface area contributed by atoms with Gasteiger partial charge in [0.25, 0.3) is 0 Å². The fourth-order valence-electron chi connectivity index (χ4n) is 1.94. The summed E-state index contributed by atoms with van der Waals surface area (Å²) in [6, 6.07) is 16.2. The molecule has 2 aromatic carbocycles. The summed E-state index contributed by atoms with van der Waals surface area (Å²) in [5, 5.41) is 0.690. The van der Waals surface area contributed by atoms with E-state index in [1.54, 1.807) is 48.5 Å². The van der Waals surface area contributed by atoms with Crippen LogP contribution in [0.15, 0.2) is 65.2 Å². The Kier molecular flexibility index (Phi) is 5.98. The second-order valence-corrected chi connectivity index (χ2v) is 11.2. The van der Waals surface area contributed by atoms with Crippen LogP contribution in [0.25, 0.3) is 0 Å². The van der Waals surface area contributed by atoms with Gasteiger partial charge in [0.05, 0.1) is 0 Å². The third-order valence-electron chi connectivity index (χ3n) is 3.08. The zero-order valence-electron chi connectivity index (χ0n) is 12.7. The molecule has 0 saturated heterocycles. The minimum absolute atomic E-state index is 0.254. The van der Waals surface area contributed by atoms with Crippen molar-refractivity contribution in [1.29, 1.82) is 0 Å². The lowest BCUT2D eigenvalue weighted by molar-refractivity contribution is -0.152. The van der Waals surface area contributed by atoms with Crippen molar-refractivity contribution >= 4 is 35.8 Å². The largest absolute Gasteiger partial charge is 0.412 e. The molecule has 2 atom stereocenters. The molecule has 24 heavy (non-hydrogen) atoms. The van der Waals surface area contributed by atoms with E-state index in [-0.39, 0.29) is 5.30 Å². The smallest absolute Gasteiger partial charge is 0.331 e. The van der Waals surface area contributed by atoms with Gasteiger partial charge in [-0.3, -0.25) is 4.57 Å². The zero-order valence-corrected chi connectivity index (χ0v) is 15.2. The Morgan fingerprint density at radius 1 is 1.00 bits per heavy atom. The van der Waals surface area contributed by atoms with Crippen LogP contribution in [0.3, 0.4) is 0 Å². The van der Waals surface area contributed by atoms with Gasteiger partial charge < -0.3 is 4.52 Å². The molecule has 0 spiro atoms. The van der Waals surface area contributed by atoms with Crippen molar-refractivity contribution in [2.24, 2.45) is 4.52 Å². The standard InChI is InChI=1S/C15H15ClF3NO2P2/c1-23(22-12-15(17,18)19,13-8-4-2-5-9-13)20-24(16,21)14-10-6-3-7-11-14/h2-11H,12H2,1H3. The van der Waals surface area contributed by atoms with Crippen molar-refractivity contribution < 1.29 is 22.3 Å². The summed E-state index contributed by atoms with van der Waals surface area (Å²) >= 11 is 6.10. The lowest BCUT2D eigenvalue weighted by atomic mass is 10.4. The fraction of sp³-hybridized carbons (Fsp3) is 0.200. The highest BCUT2D eigenvalue weighted by atomic mass is 35.7. The second-order valence-electron chi connectivity index (χ2n) is 5.03. The fourth-order valence-corrected chi connectivity index (χ4v) is 8.04. The Labute approximate surface area is 143 Å². The third kappa shape index (κ3) is 5.22. The summed E-state index contributed by atoms with van der Waals surface area (Å²) in [6.45, 7) is -3.82. The molecule has 0 fully saturated rings. The first kappa shape index (κ1) is 19.3. The summed E-state index contributed by atoms with van der Waals surface area (Å²) in [4.78, 5) is 0. The van der Waals surface area contributed by atoms with E-state index < -0.39 is 26.7 Å². The summed E-state index contributed by atoms with van der Waals surface area (Å²) in [6.07, 6.45) is -4.52. The van der Waals surface area contributed by atoms with Gasteiger partial charge in [-0.05, 0) is 30.0 Å². The molecule has 0 bridgehead atoms. The molecule has 0 aliphatic carbocycles. The van der Waals surface area contributed by atoms with Gasteiger partial charge in [-0.2, -0.15) is 17.7 Å². The van der Waals surface area contributed by atoms with Crippen molar-refractivity contribution in [2.75, 3.05) is 13.3 Å². The van der Waals surface area contributed by atoms with Crippen molar-refractivity contribution in [3.05, 3.63) is 60.7 Å². The molecule has 2 aromatic rings. The van der Waals surface area contributed by atoms with Crippen LogP contribution < -0.4 is 10.6 Å². The Morgan fingerprint density at radius 2 is 1.46 bits per heavy atom. The van der Waals surface area contributed by atoms with Crippen molar-refractivity contribution in [2.45, 2.75) is 6.18 Å². The number of alkyl halides is 3. The van der Waals surface area contributed by atoms with Crippen molar-refractivity contribution in [3.63, 3.8) is 0 Å². The second kappa shape index (κ2) is 7.45. The van der Waals surface area contributed by atoms with Gasteiger partial charge in [0.1, 0.15) is 13.9 Å². The van der Waals surface area contributed by atoms with Crippen molar-refractivity contribution in [3.8, 4) is 0 Å². The maximum Gasteiger partial charge on any atom is 0.412 e. The molecular weight excluding hydrogens is 381 g/mol. The summed E-state index contributed by atoms with van der Waals surface area (Å²) in [5.74, 6) is 0. The normalized spacial score (nSPS) is 16.9. The van der Waals surface area contributed by atoms with Crippen LogP contribution in [0.4, 0.5) is 13.2 Å². The van der Waals surface area contributed by atoms with Crippen LogP contribution in [-0.2, 0) is 9.09 Å². The third-order valence-corrected chi connectivity index (χ3v) is 9.38. The van der Waals surface area contributed by atoms with Crippen LogP contribution in [0.2, 0.25) is 0 Å². The topological polar surface area (TPSA) is 38.7 Å². The minimum atomic E-state index is -4.52. The summed E-state index contributed by atoms with van der Waals surface area (Å²) in [7, 11) is -3.20. The first-order chi connectivity index (χ1) is 11.1. The van der Waals surface area contributed by atoms with Crippen LogP contribution in [-0.4, -0.2) is 19.4 Å². The van der Waals surface area contributed by atoms with Gasteiger partial charge in [-0.15, -0.1) is 0 Å². The molecule has 0 N–H and O–H groups in total. The Morgan fingerprint density at radius 3 is 1.92 bits per heavy atom. The lowest BCUT2D eigenvalue weighted by Crippen LogP contribution is -2.18. The number of halogens is 4. The number of benzene rings is 2. The van der Waals surface area contributed by atoms with Crippen LogP contribution >= 0.6 is 25.2 Å². The maximum atomic E-state index is 12.8. The van der Waals surface area contributed by atoms with E-state index >= 15 is 0 Å². The molecule has 0 aliphatic heterocycles. The monoisotopic (exact) mass is 395 g/mol. The molecule has 0 aromatic heterocycles. The van der Waals surface area contributed by atoms with E-state index in [1.165, 1.54) is 18.8 Å². The minimum Gasteiger partial charge on any atom is -0.331 e. The van der Waals surface area contributed by atoms with Crippen LogP contribution in [0.5, 0.6) is 0 Å². The summed E-state index contributed by atoms with van der Waals surface area (Å²) in [5.41, 5.74) is 0. The molecule has 3 nitrogen and oxygen atoms in total. The van der Waals surface area contributed by atoms with Gasteiger partial charge in [0, 0.05) is 10.6 Å². The van der Waals surface area contributed by atoms with Crippen molar-refractivity contribution in [1.82, 2.24) is 0 Å². The summed E-state index contributed by atoms with van der Waals surface area (Å²) < 4.78 is 59.8. The van der Waals surface area contributed by atoms with E-state index in [9.17, 15) is 17.7 Å². The van der Waals surface area contributed by atoms with Crippen LogP contribution in [0, 0.1) is 0 Å². The number of hydrogen-bond donors (Lipinski definition) is 0. The Balaban J connectivity index is 2.51. The Hall–Kier alpha value is -1.06. The first-order valence-corrected chi connectivity index (χ1v) is 11.5. The van der Waals surface area contributed by atoms with Gasteiger partial charge in [0.2, 0.25) is 0 Å². The first-order valence-electron chi connectivity index (χ1n) is 6.86.